The van der Waals surface area contributed by atoms with E-state index in [1.54, 1.807) is 6.07 Å². The lowest BCUT2D eigenvalue weighted by molar-refractivity contribution is -0.127. The Labute approximate surface area is 167 Å². The lowest BCUT2D eigenvalue weighted by Gasteiger charge is -2.42. The number of carbonyl (C=O) groups excluding carboxylic acids is 1. The second-order valence-electron chi connectivity index (χ2n) is 8.59. The summed E-state index contributed by atoms with van der Waals surface area (Å²) in [6.07, 6.45) is 6.73. The summed E-state index contributed by atoms with van der Waals surface area (Å²) in [6.45, 7) is 4.95. The van der Waals surface area contributed by atoms with Gasteiger partial charge in [0.15, 0.2) is 11.6 Å². The Morgan fingerprint density at radius 1 is 1.18 bits per heavy atom. The SMILES string of the molecule is COc1cc(CN2CCC(N3CCC[C@H](C(=O)NC4CC4)C3)CC2)ccc1F. The minimum absolute atomic E-state index is 0.166. The molecule has 1 aromatic rings. The topological polar surface area (TPSA) is 44.8 Å². The molecule has 1 atom stereocenters. The van der Waals surface area contributed by atoms with Crippen LogP contribution in [0.2, 0.25) is 0 Å². The van der Waals surface area contributed by atoms with Crippen molar-refractivity contribution in [3.63, 3.8) is 0 Å². The third kappa shape index (κ3) is 4.84. The molecule has 1 amide bonds. The molecule has 5 nitrogen and oxygen atoms in total. The summed E-state index contributed by atoms with van der Waals surface area (Å²) < 4.78 is 18.7. The summed E-state index contributed by atoms with van der Waals surface area (Å²) in [6, 6.07) is 6.17. The average molecular weight is 390 g/mol. The number of nitrogens with zero attached hydrogens (tertiary/aromatic N) is 2. The van der Waals surface area contributed by atoms with Crippen molar-refractivity contribution >= 4 is 5.91 Å². The quantitative estimate of drug-likeness (QED) is 0.813. The van der Waals surface area contributed by atoms with Crippen LogP contribution in [-0.2, 0) is 11.3 Å². The molecule has 1 aliphatic carbocycles. The molecular formula is C22H32FN3O2. The highest BCUT2D eigenvalue weighted by atomic mass is 19.1. The van der Waals surface area contributed by atoms with E-state index >= 15 is 0 Å². The number of amides is 1. The Morgan fingerprint density at radius 2 is 1.96 bits per heavy atom. The molecule has 6 heteroatoms. The minimum Gasteiger partial charge on any atom is -0.494 e. The lowest BCUT2D eigenvalue weighted by Crippen LogP contribution is -2.50. The van der Waals surface area contributed by atoms with Crippen LogP contribution in [0.4, 0.5) is 4.39 Å². The molecular weight excluding hydrogens is 357 g/mol. The molecule has 0 bridgehead atoms. The smallest absolute Gasteiger partial charge is 0.224 e. The van der Waals surface area contributed by atoms with Gasteiger partial charge in [-0.05, 0) is 75.9 Å². The molecule has 0 unspecified atom stereocenters. The number of hydrogen-bond donors (Lipinski definition) is 1. The molecule has 2 saturated heterocycles. The van der Waals surface area contributed by atoms with Gasteiger partial charge in [0.1, 0.15) is 0 Å². The van der Waals surface area contributed by atoms with Gasteiger partial charge in [-0.15, -0.1) is 0 Å². The van der Waals surface area contributed by atoms with Gasteiger partial charge in [-0.25, -0.2) is 4.39 Å². The van der Waals surface area contributed by atoms with Crippen molar-refractivity contribution in [1.29, 1.82) is 0 Å². The van der Waals surface area contributed by atoms with Crippen LogP contribution >= 0.6 is 0 Å². The highest BCUT2D eigenvalue weighted by Gasteiger charge is 2.33. The molecule has 1 aromatic carbocycles. The maximum atomic E-state index is 13.6. The van der Waals surface area contributed by atoms with Crippen molar-refractivity contribution < 1.29 is 13.9 Å². The van der Waals surface area contributed by atoms with E-state index in [0.29, 0.717) is 17.8 Å². The molecule has 154 valence electrons. The van der Waals surface area contributed by atoms with E-state index in [0.717, 1.165) is 76.8 Å². The molecule has 3 fully saturated rings. The molecule has 2 aliphatic heterocycles. The fourth-order valence-corrected chi connectivity index (χ4v) is 4.60. The number of piperidine rings is 2. The van der Waals surface area contributed by atoms with Crippen molar-refractivity contribution in [2.75, 3.05) is 33.3 Å². The van der Waals surface area contributed by atoms with E-state index < -0.39 is 0 Å². The van der Waals surface area contributed by atoms with Crippen LogP contribution in [-0.4, -0.2) is 61.1 Å². The van der Waals surface area contributed by atoms with E-state index in [9.17, 15) is 9.18 Å². The summed E-state index contributed by atoms with van der Waals surface area (Å²) in [7, 11) is 1.50. The zero-order valence-electron chi connectivity index (χ0n) is 16.8. The molecule has 4 rings (SSSR count). The first-order chi connectivity index (χ1) is 13.6. The van der Waals surface area contributed by atoms with Crippen LogP contribution in [0.5, 0.6) is 5.75 Å². The highest BCUT2D eigenvalue weighted by molar-refractivity contribution is 5.79. The Bertz CT molecular complexity index is 686. The number of methoxy groups -OCH3 is 1. The van der Waals surface area contributed by atoms with Crippen LogP contribution < -0.4 is 10.1 Å². The van der Waals surface area contributed by atoms with Crippen LogP contribution in [0.3, 0.4) is 0 Å². The van der Waals surface area contributed by atoms with E-state index in [4.69, 9.17) is 4.74 Å². The maximum Gasteiger partial charge on any atom is 0.224 e. The van der Waals surface area contributed by atoms with E-state index in [1.165, 1.54) is 13.2 Å². The zero-order valence-corrected chi connectivity index (χ0v) is 16.8. The first-order valence-electron chi connectivity index (χ1n) is 10.7. The Morgan fingerprint density at radius 3 is 2.68 bits per heavy atom. The predicted octanol–water partition coefficient (Wildman–Crippen LogP) is 2.79. The fraction of sp³-hybridized carbons (Fsp3) is 0.682. The van der Waals surface area contributed by atoms with Gasteiger partial charge in [0.05, 0.1) is 13.0 Å². The molecule has 0 spiro atoms. The van der Waals surface area contributed by atoms with Gasteiger partial charge in [0.25, 0.3) is 0 Å². The summed E-state index contributed by atoms with van der Waals surface area (Å²) in [5, 5.41) is 3.18. The van der Waals surface area contributed by atoms with E-state index in [2.05, 4.69) is 15.1 Å². The van der Waals surface area contributed by atoms with Crippen LogP contribution in [0.15, 0.2) is 18.2 Å². The van der Waals surface area contributed by atoms with Gasteiger partial charge in [0.2, 0.25) is 5.91 Å². The summed E-state index contributed by atoms with van der Waals surface area (Å²) in [5.41, 5.74) is 1.09. The van der Waals surface area contributed by atoms with E-state index in [-0.39, 0.29) is 17.6 Å². The van der Waals surface area contributed by atoms with Gasteiger partial charge in [0, 0.05) is 25.2 Å². The number of nitrogens with one attached hydrogen (secondary N) is 1. The number of carbonyl (C=O) groups is 1. The van der Waals surface area contributed by atoms with Gasteiger partial charge >= 0.3 is 0 Å². The number of rotatable bonds is 6. The third-order valence-corrected chi connectivity index (χ3v) is 6.44. The number of benzene rings is 1. The first kappa shape index (κ1) is 19.6. The standard InChI is InChI=1S/C22H32FN3O2/c1-28-21-13-16(4-7-20(21)23)14-25-11-8-19(9-12-25)26-10-2-3-17(15-26)22(27)24-18-5-6-18/h4,7,13,17-19H,2-3,5-6,8-12,14-15H2,1H3,(H,24,27)/t17-/m0/s1. The largest absolute Gasteiger partial charge is 0.494 e. The Kier molecular flexibility index (Phi) is 6.16. The second kappa shape index (κ2) is 8.78. The highest BCUT2D eigenvalue weighted by Crippen LogP contribution is 2.27. The molecule has 2 heterocycles. The lowest BCUT2D eigenvalue weighted by atomic mass is 9.93. The molecule has 1 N–H and O–H groups in total. The van der Waals surface area contributed by atoms with Gasteiger partial charge in [-0.1, -0.05) is 6.07 Å². The third-order valence-electron chi connectivity index (χ3n) is 6.44. The number of halogens is 1. The molecule has 0 radical (unpaired) electrons. The molecule has 1 saturated carbocycles. The molecule has 3 aliphatic rings. The van der Waals surface area contributed by atoms with Crippen molar-refractivity contribution in [1.82, 2.24) is 15.1 Å². The maximum absolute atomic E-state index is 13.6. The second-order valence-corrected chi connectivity index (χ2v) is 8.59. The van der Waals surface area contributed by atoms with Crippen LogP contribution in [0, 0.1) is 11.7 Å². The Hall–Kier alpha value is -1.66. The van der Waals surface area contributed by atoms with Crippen molar-refractivity contribution in [3.8, 4) is 5.75 Å². The average Bonchev–Trinajstić information content (AvgIpc) is 3.54. The normalized spacial score (nSPS) is 24.9. The van der Waals surface area contributed by atoms with Crippen LogP contribution in [0.1, 0.15) is 44.1 Å². The van der Waals surface area contributed by atoms with Gasteiger partial charge in [-0.3, -0.25) is 14.6 Å². The molecule has 0 aromatic heterocycles. The Balaban J connectivity index is 1.26. The summed E-state index contributed by atoms with van der Waals surface area (Å²) in [5.74, 6) is 0.445. The van der Waals surface area contributed by atoms with Gasteiger partial charge in [-0.2, -0.15) is 0 Å². The number of likely N-dealkylation sites (tertiary alicyclic amines) is 2. The number of hydrogen-bond acceptors (Lipinski definition) is 4. The monoisotopic (exact) mass is 389 g/mol. The van der Waals surface area contributed by atoms with Crippen molar-refractivity contribution in [3.05, 3.63) is 29.6 Å². The van der Waals surface area contributed by atoms with Crippen molar-refractivity contribution in [2.45, 2.75) is 57.2 Å². The van der Waals surface area contributed by atoms with Crippen molar-refractivity contribution in [2.24, 2.45) is 5.92 Å². The molecule has 28 heavy (non-hydrogen) atoms. The zero-order chi connectivity index (χ0) is 19.5. The fourth-order valence-electron chi connectivity index (χ4n) is 4.60. The minimum atomic E-state index is -0.310. The van der Waals surface area contributed by atoms with E-state index in [1.807, 2.05) is 6.07 Å². The van der Waals surface area contributed by atoms with Crippen LogP contribution in [0.25, 0.3) is 0 Å². The summed E-state index contributed by atoms with van der Waals surface area (Å²) in [4.78, 5) is 17.4. The van der Waals surface area contributed by atoms with Gasteiger partial charge < -0.3 is 10.1 Å². The summed E-state index contributed by atoms with van der Waals surface area (Å²) >= 11 is 0. The first-order valence-corrected chi connectivity index (χ1v) is 10.7. The predicted molar refractivity (Wildman–Crippen MR) is 107 cm³/mol. The number of ether oxygens (including phenoxy) is 1.